The van der Waals surface area contributed by atoms with Gasteiger partial charge in [0.1, 0.15) is 24.4 Å². The predicted molar refractivity (Wildman–Crippen MR) is 324 cm³/mol. The lowest BCUT2D eigenvalue weighted by Gasteiger charge is -2.40. The van der Waals surface area contributed by atoms with E-state index in [1.807, 2.05) is 6.08 Å². The number of nitrogens with one attached hydrogen (secondary N) is 1. The molecule has 11 nitrogen and oxygen atoms in total. The fourth-order valence-electron chi connectivity index (χ4n) is 10.2. The number of allylic oxidation sites excluding steroid dienone is 7. The molecule has 1 fully saturated rings. The van der Waals surface area contributed by atoms with Gasteiger partial charge < -0.3 is 45.1 Å². The van der Waals surface area contributed by atoms with Crippen molar-refractivity contribution >= 4 is 11.9 Å². The van der Waals surface area contributed by atoms with Crippen molar-refractivity contribution in [2.75, 3.05) is 19.8 Å². The number of rotatable bonds is 57. The zero-order valence-electron chi connectivity index (χ0n) is 50.4. The fourth-order valence-corrected chi connectivity index (χ4v) is 10.2. The number of hydrogen-bond donors (Lipinski definition) is 6. The van der Waals surface area contributed by atoms with Crippen molar-refractivity contribution in [2.24, 2.45) is 0 Å². The Labute approximate surface area is 478 Å². The summed E-state index contributed by atoms with van der Waals surface area (Å²) in [6.45, 7) is 4.26. The zero-order chi connectivity index (χ0) is 56.6. The van der Waals surface area contributed by atoms with E-state index in [4.69, 9.17) is 14.2 Å². The van der Waals surface area contributed by atoms with Gasteiger partial charge in [-0.15, -0.1) is 0 Å². The lowest BCUT2D eigenvalue weighted by molar-refractivity contribution is -0.302. The molecule has 7 unspecified atom stereocenters. The van der Waals surface area contributed by atoms with E-state index in [1.165, 1.54) is 199 Å². The largest absolute Gasteiger partial charge is 0.466 e. The molecule has 11 heteroatoms. The first-order valence-electron chi connectivity index (χ1n) is 32.9. The van der Waals surface area contributed by atoms with E-state index >= 15 is 0 Å². The molecule has 0 spiro atoms. The van der Waals surface area contributed by atoms with Crippen molar-refractivity contribution in [3.63, 3.8) is 0 Å². The SMILES string of the molecule is CCC/C=C/CC/C=C/CC/C=C/C(O)C(COC1OC(CO)C(O)C(O)C1O)NC(=O)CCCCCCCCCCCCCC/C=C\CCCCCCCCCCCCCCOC(=O)CCCCCCCCCCCCC. The van der Waals surface area contributed by atoms with Gasteiger partial charge in [-0.25, -0.2) is 0 Å². The van der Waals surface area contributed by atoms with Gasteiger partial charge in [0.05, 0.1) is 32.0 Å². The van der Waals surface area contributed by atoms with E-state index in [9.17, 15) is 35.1 Å². The highest BCUT2D eigenvalue weighted by atomic mass is 16.7. The second-order valence-corrected chi connectivity index (χ2v) is 22.8. The molecule has 0 bridgehead atoms. The number of hydrogen-bond acceptors (Lipinski definition) is 10. The van der Waals surface area contributed by atoms with E-state index in [1.54, 1.807) is 6.08 Å². The van der Waals surface area contributed by atoms with Crippen LogP contribution in [0.2, 0.25) is 0 Å². The Morgan fingerprint density at radius 2 is 0.859 bits per heavy atom. The first-order valence-corrected chi connectivity index (χ1v) is 32.9. The summed E-state index contributed by atoms with van der Waals surface area (Å²) in [5.41, 5.74) is 0. The highest BCUT2D eigenvalue weighted by molar-refractivity contribution is 5.76. The highest BCUT2D eigenvalue weighted by Gasteiger charge is 2.44. The first kappa shape index (κ1) is 73.6. The molecule has 6 N–H and O–H groups in total. The molecule has 1 aliphatic heterocycles. The van der Waals surface area contributed by atoms with Crippen LogP contribution in [0.5, 0.6) is 0 Å². The summed E-state index contributed by atoms with van der Waals surface area (Å²) in [5.74, 6) is -0.192. The zero-order valence-corrected chi connectivity index (χ0v) is 50.4. The molecule has 0 aromatic heterocycles. The van der Waals surface area contributed by atoms with E-state index < -0.39 is 49.5 Å². The highest BCUT2D eigenvalue weighted by Crippen LogP contribution is 2.23. The molecule has 456 valence electrons. The van der Waals surface area contributed by atoms with Crippen LogP contribution in [0.4, 0.5) is 0 Å². The Kier molecular flexibility index (Phi) is 53.3. The van der Waals surface area contributed by atoms with Gasteiger partial charge in [0.2, 0.25) is 5.91 Å². The smallest absolute Gasteiger partial charge is 0.305 e. The van der Waals surface area contributed by atoms with Crippen LogP contribution in [0, 0.1) is 0 Å². The first-order chi connectivity index (χ1) is 38.2. The Morgan fingerprint density at radius 1 is 0.462 bits per heavy atom. The lowest BCUT2D eigenvalue weighted by Crippen LogP contribution is -2.60. The molecule has 78 heavy (non-hydrogen) atoms. The van der Waals surface area contributed by atoms with Crippen LogP contribution >= 0.6 is 0 Å². The standard InChI is InChI=1S/C67H123NO10/c1-3-5-7-9-11-13-33-37-41-45-49-53-60(70)59(58-77-67-66(75)65(74)64(73)61(57-69)78-67)68-62(71)54-50-46-42-38-35-31-29-27-25-23-21-19-17-15-16-18-20-22-24-26-28-30-32-36-40-44-48-52-56-76-63(72)55-51-47-43-39-34-14-12-10-8-6-4-2/h7,9,15-16,33,37,49,53,59-61,64-67,69-70,73-75H,3-6,8,10-14,17-32,34-36,38-48,50-52,54-58H2,1-2H3,(H,68,71)/b9-7+,16-15-,37-33+,53-49+. The Bertz CT molecular complexity index is 1430. The van der Waals surface area contributed by atoms with Crippen LogP contribution in [0.1, 0.15) is 303 Å². The van der Waals surface area contributed by atoms with E-state index in [0.29, 0.717) is 19.4 Å². The predicted octanol–water partition coefficient (Wildman–Crippen LogP) is 16.0. The maximum Gasteiger partial charge on any atom is 0.305 e. The monoisotopic (exact) mass is 1100 g/mol. The Balaban J connectivity index is 1.99. The molecular weight excluding hydrogens is 979 g/mol. The van der Waals surface area contributed by atoms with Crippen molar-refractivity contribution in [2.45, 2.75) is 346 Å². The molecule has 0 saturated carbocycles. The molecule has 0 aromatic rings. The molecule has 0 radical (unpaired) electrons. The summed E-state index contributed by atoms with van der Waals surface area (Å²) in [7, 11) is 0. The van der Waals surface area contributed by atoms with Crippen molar-refractivity contribution in [3.05, 3.63) is 48.6 Å². The van der Waals surface area contributed by atoms with E-state index in [-0.39, 0.29) is 18.5 Å². The summed E-state index contributed by atoms with van der Waals surface area (Å²) in [5, 5.41) is 54.3. The summed E-state index contributed by atoms with van der Waals surface area (Å²) in [6.07, 6.45) is 62.4. The van der Waals surface area contributed by atoms with Gasteiger partial charge in [0.15, 0.2) is 6.29 Å². The third kappa shape index (κ3) is 45.3. The van der Waals surface area contributed by atoms with E-state index in [2.05, 4.69) is 55.6 Å². The number of esters is 1. The second-order valence-electron chi connectivity index (χ2n) is 22.8. The van der Waals surface area contributed by atoms with Crippen LogP contribution in [0.15, 0.2) is 48.6 Å². The second kappa shape index (κ2) is 56.5. The molecule has 1 saturated heterocycles. The quantitative estimate of drug-likeness (QED) is 0.0195. The number of aliphatic hydroxyl groups excluding tert-OH is 5. The fraction of sp³-hybridized carbons (Fsp3) is 0.851. The maximum atomic E-state index is 13.0. The summed E-state index contributed by atoms with van der Waals surface area (Å²) in [4.78, 5) is 25.0. The average molecular weight is 1100 g/mol. The minimum absolute atomic E-state index is 0.00566. The maximum absolute atomic E-state index is 13.0. The molecule has 0 aromatic carbocycles. The van der Waals surface area contributed by atoms with Gasteiger partial charge >= 0.3 is 5.97 Å². The van der Waals surface area contributed by atoms with Crippen LogP contribution in [0.25, 0.3) is 0 Å². The van der Waals surface area contributed by atoms with Crippen molar-refractivity contribution < 1.29 is 49.3 Å². The van der Waals surface area contributed by atoms with E-state index in [0.717, 1.165) is 77.0 Å². The van der Waals surface area contributed by atoms with Crippen molar-refractivity contribution in [1.29, 1.82) is 0 Å². The minimum Gasteiger partial charge on any atom is -0.466 e. The molecule has 7 atom stereocenters. The molecular formula is C67H123NO10. The Hall–Kier alpha value is -2.38. The molecule has 1 heterocycles. The molecule has 1 amide bonds. The molecule has 1 rings (SSSR count). The minimum atomic E-state index is -1.58. The van der Waals surface area contributed by atoms with Gasteiger partial charge in [-0.1, -0.05) is 262 Å². The number of carbonyl (C=O) groups is 2. The van der Waals surface area contributed by atoms with Gasteiger partial charge in [-0.3, -0.25) is 9.59 Å². The summed E-state index contributed by atoms with van der Waals surface area (Å²) < 4.78 is 16.7. The Morgan fingerprint density at radius 3 is 1.32 bits per heavy atom. The van der Waals surface area contributed by atoms with Gasteiger partial charge in [-0.05, 0) is 77.0 Å². The van der Waals surface area contributed by atoms with Crippen LogP contribution in [-0.2, 0) is 23.8 Å². The van der Waals surface area contributed by atoms with Gasteiger partial charge in [0.25, 0.3) is 0 Å². The average Bonchev–Trinajstić information content (AvgIpc) is 3.44. The number of aliphatic hydroxyl groups is 5. The number of amides is 1. The topological polar surface area (TPSA) is 175 Å². The third-order valence-electron chi connectivity index (χ3n) is 15.4. The van der Waals surface area contributed by atoms with Crippen molar-refractivity contribution in [3.8, 4) is 0 Å². The van der Waals surface area contributed by atoms with Gasteiger partial charge in [0, 0.05) is 12.8 Å². The molecule has 0 aliphatic carbocycles. The van der Waals surface area contributed by atoms with Crippen LogP contribution < -0.4 is 5.32 Å². The number of ether oxygens (including phenoxy) is 3. The van der Waals surface area contributed by atoms with Gasteiger partial charge in [-0.2, -0.15) is 0 Å². The normalized spacial score (nSPS) is 18.8. The lowest BCUT2D eigenvalue weighted by atomic mass is 9.99. The number of carbonyl (C=O) groups excluding carboxylic acids is 2. The molecule has 1 aliphatic rings. The van der Waals surface area contributed by atoms with Crippen molar-refractivity contribution in [1.82, 2.24) is 5.32 Å². The summed E-state index contributed by atoms with van der Waals surface area (Å²) >= 11 is 0. The van der Waals surface area contributed by atoms with Crippen LogP contribution in [-0.4, -0.2) is 100 Å². The number of unbranched alkanes of at least 4 members (excludes halogenated alkanes) is 37. The summed E-state index contributed by atoms with van der Waals surface area (Å²) in [6, 6.07) is -0.834. The van der Waals surface area contributed by atoms with Crippen LogP contribution in [0.3, 0.4) is 0 Å². The third-order valence-corrected chi connectivity index (χ3v) is 15.4.